The molecule has 0 radical (unpaired) electrons. The fourth-order valence-electron chi connectivity index (χ4n) is 3.83. The number of H-pyrrole nitrogens is 1. The highest BCUT2D eigenvalue weighted by Crippen LogP contribution is 2.26. The van der Waals surface area contributed by atoms with Crippen LogP contribution in [0.15, 0.2) is 29.3 Å². The molecule has 1 aromatic heterocycles. The molecular formula is C18H24N6O. The second-order valence-corrected chi connectivity index (χ2v) is 7.06. The van der Waals surface area contributed by atoms with Crippen molar-refractivity contribution < 1.29 is 4.79 Å². The Hall–Kier alpha value is -2.57. The van der Waals surface area contributed by atoms with E-state index in [1.54, 1.807) is 0 Å². The number of aromatic nitrogens is 2. The van der Waals surface area contributed by atoms with E-state index >= 15 is 0 Å². The summed E-state index contributed by atoms with van der Waals surface area (Å²) in [5.74, 6) is 0.775. The fourth-order valence-corrected chi connectivity index (χ4v) is 3.83. The summed E-state index contributed by atoms with van der Waals surface area (Å²) in [6.07, 6.45) is 4.07. The number of hydrogen-bond acceptors (Lipinski definition) is 5. The number of guanidine groups is 1. The molecule has 1 amide bonds. The van der Waals surface area contributed by atoms with E-state index in [1.807, 2.05) is 23.1 Å². The molecule has 0 aliphatic carbocycles. The topological polar surface area (TPSA) is 99.4 Å². The molecule has 132 valence electrons. The van der Waals surface area contributed by atoms with Gasteiger partial charge in [-0.1, -0.05) is 18.2 Å². The Balaban J connectivity index is 1.26. The van der Waals surface area contributed by atoms with Crippen LogP contribution in [0, 0.1) is 0 Å². The van der Waals surface area contributed by atoms with Crippen LogP contribution in [0.5, 0.6) is 0 Å². The Bertz CT molecular complexity index is 803. The molecule has 2 aliphatic heterocycles. The first-order valence-corrected chi connectivity index (χ1v) is 8.93. The average Bonchev–Trinajstić information content (AvgIpc) is 3.20. The number of amides is 1. The number of rotatable bonds is 4. The zero-order valence-electron chi connectivity index (χ0n) is 14.3. The molecule has 0 bridgehead atoms. The summed E-state index contributed by atoms with van der Waals surface area (Å²) in [5, 5.41) is 11.8. The van der Waals surface area contributed by atoms with E-state index in [0.717, 1.165) is 61.9 Å². The molecule has 3 heterocycles. The van der Waals surface area contributed by atoms with Gasteiger partial charge in [-0.05, 0) is 31.7 Å². The first kappa shape index (κ1) is 15.9. The molecule has 1 saturated heterocycles. The van der Waals surface area contributed by atoms with Gasteiger partial charge in [0.1, 0.15) is 0 Å². The first-order valence-electron chi connectivity index (χ1n) is 8.93. The number of nitrogens with one attached hydrogen (secondary N) is 2. The van der Waals surface area contributed by atoms with Crippen LogP contribution in [-0.4, -0.2) is 52.1 Å². The molecule has 1 fully saturated rings. The number of carbonyl (C=O) groups is 1. The first-order chi connectivity index (χ1) is 12.2. The molecule has 2 aliphatic rings. The van der Waals surface area contributed by atoms with Gasteiger partial charge in [-0.2, -0.15) is 5.10 Å². The van der Waals surface area contributed by atoms with Crippen LogP contribution < -0.4 is 11.1 Å². The molecule has 1 spiro atoms. The number of nitrogens with two attached hydrogens (primary N) is 1. The smallest absolute Gasteiger partial charge is 0.222 e. The van der Waals surface area contributed by atoms with Gasteiger partial charge in [0.15, 0.2) is 5.96 Å². The van der Waals surface area contributed by atoms with E-state index < -0.39 is 0 Å². The summed E-state index contributed by atoms with van der Waals surface area (Å²) in [5.41, 5.74) is 7.82. The number of aliphatic imine (C=N–C) groups is 1. The van der Waals surface area contributed by atoms with Crippen molar-refractivity contribution in [2.75, 3.05) is 19.6 Å². The van der Waals surface area contributed by atoms with Gasteiger partial charge in [0.05, 0.1) is 17.6 Å². The largest absolute Gasteiger partial charge is 0.370 e. The standard InChI is InChI=1S/C18H24N6O/c19-17-20-12-18(21-17)8-10-24(11-9-18)16(25)7-3-6-15-13-4-1-2-5-14(13)22-23-15/h1-2,4-5H,3,6-12H2,(H,22,23)(H3,19,20,21). The summed E-state index contributed by atoms with van der Waals surface area (Å²) in [6, 6.07) is 8.07. The monoisotopic (exact) mass is 340 g/mol. The van der Waals surface area contributed by atoms with Gasteiger partial charge in [0.2, 0.25) is 5.91 Å². The van der Waals surface area contributed by atoms with Gasteiger partial charge in [-0.15, -0.1) is 0 Å². The number of benzene rings is 1. The Morgan fingerprint density at radius 2 is 2.08 bits per heavy atom. The average molecular weight is 340 g/mol. The minimum absolute atomic E-state index is 0.0182. The summed E-state index contributed by atoms with van der Waals surface area (Å²) in [4.78, 5) is 18.7. The summed E-state index contributed by atoms with van der Waals surface area (Å²) >= 11 is 0. The minimum atomic E-state index is -0.0182. The number of hydrogen-bond donors (Lipinski definition) is 3. The molecule has 7 nitrogen and oxygen atoms in total. The quantitative estimate of drug-likeness (QED) is 0.778. The SMILES string of the molecule is NC1=NCC2(CCN(C(=O)CCCc3[nH]nc4ccccc34)CC2)N1. The van der Waals surface area contributed by atoms with Crippen molar-refractivity contribution in [2.45, 2.75) is 37.6 Å². The second-order valence-electron chi connectivity index (χ2n) is 7.06. The molecule has 0 saturated carbocycles. The number of fused-ring (bicyclic) bond motifs is 1. The third-order valence-corrected chi connectivity index (χ3v) is 5.38. The van der Waals surface area contributed by atoms with Crippen LogP contribution >= 0.6 is 0 Å². The number of carbonyl (C=O) groups excluding carboxylic acids is 1. The predicted molar refractivity (Wildman–Crippen MR) is 97.2 cm³/mol. The molecule has 7 heteroatoms. The van der Waals surface area contributed by atoms with Crippen LogP contribution in [0.4, 0.5) is 0 Å². The van der Waals surface area contributed by atoms with E-state index in [4.69, 9.17) is 5.73 Å². The van der Waals surface area contributed by atoms with E-state index in [-0.39, 0.29) is 11.4 Å². The van der Waals surface area contributed by atoms with Crippen LogP contribution in [0.25, 0.3) is 10.9 Å². The lowest BCUT2D eigenvalue weighted by Gasteiger charge is -2.39. The highest BCUT2D eigenvalue weighted by molar-refractivity contribution is 5.82. The molecule has 0 atom stereocenters. The van der Waals surface area contributed by atoms with Crippen molar-refractivity contribution in [3.8, 4) is 0 Å². The summed E-state index contributed by atoms with van der Waals surface area (Å²) in [6.45, 7) is 2.29. The molecular weight excluding hydrogens is 316 g/mol. The lowest BCUT2D eigenvalue weighted by atomic mass is 9.88. The maximum atomic E-state index is 12.5. The third-order valence-electron chi connectivity index (χ3n) is 5.38. The van der Waals surface area contributed by atoms with Gasteiger partial charge < -0.3 is 16.0 Å². The van der Waals surface area contributed by atoms with Crippen molar-refractivity contribution in [2.24, 2.45) is 10.7 Å². The van der Waals surface area contributed by atoms with Crippen molar-refractivity contribution in [1.29, 1.82) is 0 Å². The second kappa shape index (κ2) is 6.38. The Morgan fingerprint density at radius 3 is 2.84 bits per heavy atom. The fraction of sp³-hybridized carbons (Fsp3) is 0.500. The zero-order valence-corrected chi connectivity index (χ0v) is 14.3. The Labute approximate surface area is 146 Å². The van der Waals surface area contributed by atoms with Crippen molar-refractivity contribution in [1.82, 2.24) is 20.4 Å². The number of likely N-dealkylation sites (tertiary alicyclic amines) is 1. The summed E-state index contributed by atoms with van der Waals surface area (Å²) in [7, 11) is 0. The molecule has 2 aromatic rings. The van der Waals surface area contributed by atoms with Crippen LogP contribution in [-0.2, 0) is 11.2 Å². The van der Waals surface area contributed by atoms with Crippen LogP contribution in [0.3, 0.4) is 0 Å². The van der Waals surface area contributed by atoms with Gasteiger partial charge in [-0.25, -0.2) is 0 Å². The lowest BCUT2D eigenvalue weighted by molar-refractivity contribution is -0.132. The zero-order chi connectivity index (χ0) is 17.3. The van der Waals surface area contributed by atoms with E-state index in [1.165, 1.54) is 0 Å². The van der Waals surface area contributed by atoms with Crippen molar-refractivity contribution >= 4 is 22.8 Å². The maximum Gasteiger partial charge on any atom is 0.222 e. The molecule has 4 N–H and O–H groups in total. The number of nitrogens with zero attached hydrogens (tertiary/aromatic N) is 3. The number of para-hydroxylation sites is 1. The lowest BCUT2D eigenvalue weighted by Crippen LogP contribution is -2.55. The number of piperidine rings is 1. The normalized spacial score (nSPS) is 19.2. The molecule has 1 aromatic carbocycles. The highest BCUT2D eigenvalue weighted by atomic mass is 16.2. The number of aryl methyl sites for hydroxylation is 1. The van der Waals surface area contributed by atoms with Crippen molar-refractivity contribution in [3.05, 3.63) is 30.0 Å². The van der Waals surface area contributed by atoms with Crippen LogP contribution in [0.1, 0.15) is 31.4 Å². The van der Waals surface area contributed by atoms with E-state index in [0.29, 0.717) is 12.4 Å². The van der Waals surface area contributed by atoms with Gasteiger partial charge in [0, 0.05) is 30.6 Å². The predicted octanol–water partition coefficient (Wildman–Crippen LogP) is 1.16. The Morgan fingerprint density at radius 1 is 1.28 bits per heavy atom. The van der Waals surface area contributed by atoms with Crippen molar-refractivity contribution in [3.63, 3.8) is 0 Å². The van der Waals surface area contributed by atoms with Gasteiger partial charge in [-0.3, -0.25) is 14.9 Å². The summed E-state index contributed by atoms with van der Waals surface area (Å²) < 4.78 is 0. The minimum Gasteiger partial charge on any atom is -0.370 e. The Kier molecular flexibility index (Phi) is 4.07. The number of aromatic amines is 1. The molecule has 25 heavy (non-hydrogen) atoms. The van der Waals surface area contributed by atoms with E-state index in [9.17, 15) is 4.79 Å². The molecule has 4 rings (SSSR count). The highest BCUT2D eigenvalue weighted by Gasteiger charge is 2.38. The van der Waals surface area contributed by atoms with Gasteiger partial charge in [0.25, 0.3) is 0 Å². The molecule has 0 unspecified atom stereocenters. The van der Waals surface area contributed by atoms with Gasteiger partial charge >= 0.3 is 0 Å². The van der Waals surface area contributed by atoms with Crippen LogP contribution in [0.2, 0.25) is 0 Å². The maximum absolute atomic E-state index is 12.5. The third kappa shape index (κ3) is 3.18. The van der Waals surface area contributed by atoms with E-state index in [2.05, 4.69) is 26.6 Å².